The molecule has 4 unspecified atom stereocenters. The van der Waals surface area contributed by atoms with Crippen LogP contribution < -0.4 is 0 Å². The van der Waals surface area contributed by atoms with E-state index in [1.165, 1.54) is 0 Å². The molecular formula is C8H10O4. The molecule has 66 valence electrons. The third kappa shape index (κ3) is 0.593. The van der Waals surface area contributed by atoms with Crippen molar-refractivity contribution in [1.82, 2.24) is 0 Å². The number of hydrogen-bond acceptors (Lipinski definition) is 4. The molecule has 1 aliphatic carbocycles. The Morgan fingerprint density at radius 2 is 2.50 bits per heavy atom. The van der Waals surface area contributed by atoms with Gasteiger partial charge in [0.1, 0.15) is 11.7 Å². The second-order valence-electron chi connectivity index (χ2n) is 3.79. The average molecular weight is 170 g/mol. The number of esters is 1. The van der Waals surface area contributed by atoms with E-state index in [4.69, 9.17) is 14.6 Å². The highest BCUT2D eigenvalue weighted by molar-refractivity contribution is 5.73. The van der Waals surface area contributed by atoms with E-state index in [9.17, 15) is 4.79 Å². The Hall–Kier alpha value is -0.610. The average Bonchev–Trinajstić information content (AvgIpc) is 2.49. The molecule has 0 aromatic heterocycles. The number of epoxide rings is 1. The summed E-state index contributed by atoms with van der Waals surface area (Å²) in [6.45, 7) is 0.0233. The fourth-order valence-corrected chi connectivity index (χ4v) is 2.58. The van der Waals surface area contributed by atoms with Crippen molar-refractivity contribution in [2.24, 2.45) is 5.92 Å². The Bertz CT molecular complexity index is 247. The van der Waals surface area contributed by atoms with Gasteiger partial charge in [0.2, 0.25) is 0 Å². The van der Waals surface area contributed by atoms with Crippen LogP contribution in [-0.2, 0) is 14.3 Å². The summed E-state index contributed by atoms with van der Waals surface area (Å²) in [6, 6.07) is 0. The number of carbonyl (C=O) groups is 1. The van der Waals surface area contributed by atoms with Crippen molar-refractivity contribution >= 4 is 5.97 Å². The summed E-state index contributed by atoms with van der Waals surface area (Å²) in [7, 11) is 0. The Balaban J connectivity index is 1.90. The van der Waals surface area contributed by atoms with Gasteiger partial charge < -0.3 is 14.6 Å². The summed E-state index contributed by atoms with van der Waals surface area (Å²) >= 11 is 0. The lowest BCUT2D eigenvalue weighted by molar-refractivity contribution is -0.141. The van der Waals surface area contributed by atoms with Gasteiger partial charge in [0.25, 0.3) is 0 Å². The summed E-state index contributed by atoms with van der Waals surface area (Å²) in [6.07, 6.45) is 1.35. The van der Waals surface area contributed by atoms with Crippen LogP contribution in [0.25, 0.3) is 0 Å². The molecule has 3 aliphatic rings. The largest absolute Gasteiger partial charge is 0.462 e. The number of rotatable bonds is 1. The van der Waals surface area contributed by atoms with Crippen molar-refractivity contribution in [3.8, 4) is 0 Å². The predicted molar refractivity (Wildman–Crippen MR) is 37.3 cm³/mol. The predicted octanol–water partition coefficient (Wildman–Crippen LogP) is -0.548. The first kappa shape index (κ1) is 6.86. The van der Waals surface area contributed by atoms with Crippen molar-refractivity contribution in [3.63, 3.8) is 0 Å². The zero-order chi connectivity index (χ0) is 8.34. The minimum absolute atomic E-state index is 0.0170. The molecule has 1 N–H and O–H groups in total. The first-order valence-electron chi connectivity index (χ1n) is 4.24. The number of aliphatic hydroxyl groups is 1. The standard InChI is InChI=1S/C8H10O4/c9-3-8-4-1-7(10)11-5(4)2-6(8)12-8/h4-6,9H,1-3H2. The number of fused-ring (bicyclic) bond motifs is 3. The third-order valence-corrected chi connectivity index (χ3v) is 3.29. The minimum Gasteiger partial charge on any atom is -0.462 e. The fraction of sp³-hybridized carbons (Fsp3) is 0.875. The molecule has 4 nitrogen and oxygen atoms in total. The molecule has 0 aromatic carbocycles. The fourth-order valence-electron chi connectivity index (χ4n) is 2.58. The molecule has 2 aliphatic heterocycles. The first-order valence-corrected chi connectivity index (χ1v) is 4.24. The van der Waals surface area contributed by atoms with Crippen molar-refractivity contribution in [2.75, 3.05) is 6.61 Å². The summed E-state index contributed by atoms with van der Waals surface area (Å²) < 4.78 is 10.5. The summed E-state index contributed by atoms with van der Waals surface area (Å²) in [4.78, 5) is 10.9. The summed E-state index contributed by atoms with van der Waals surface area (Å²) in [5, 5.41) is 9.11. The zero-order valence-electron chi connectivity index (χ0n) is 6.53. The van der Waals surface area contributed by atoms with E-state index in [1.54, 1.807) is 0 Å². The van der Waals surface area contributed by atoms with Gasteiger partial charge in [-0.1, -0.05) is 0 Å². The Morgan fingerprint density at radius 3 is 3.25 bits per heavy atom. The molecule has 2 heterocycles. The van der Waals surface area contributed by atoms with E-state index in [2.05, 4.69) is 0 Å². The first-order chi connectivity index (χ1) is 5.76. The van der Waals surface area contributed by atoms with Crippen LogP contribution in [0.5, 0.6) is 0 Å². The van der Waals surface area contributed by atoms with E-state index in [0.717, 1.165) is 6.42 Å². The van der Waals surface area contributed by atoms with Gasteiger partial charge in [-0.3, -0.25) is 4.79 Å². The SMILES string of the molecule is O=C1CC2C(CC3OC32CO)O1. The van der Waals surface area contributed by atoms with Crippen molar-refractivity contribution in [3.05, 3.63) is 0 Å². The summed E-state index contributed by atoms with van der Waals surface area (Å²) in [5.74, 6) is -0.0354. The maximum absolute atomic E-state index is 10.9. The monoisotopic (exact) mass is 170 g/mol. The van der Waals surface area contributed by atoms with Crippen LogP contribution in [0, 0.1) is 5.92 Å². The van der Waals surface area contributed by atoms with Crippen LogP contribution in [0.15, 0.2) is 0 Å². The molecule has 0 radical (unpaired) electrons. The van der Waals surface area contributed by atoms with Crippen molar-refractivity contribution < 1.29 is 19.4 Å². The molecule has 4 atom stereocenters. The van der Waals surface area contributed by atoms with Gasteiger partial charge in [0.15, 0.2) is 0 Å². The van der Waals surface area contributed by atoms with E-state index in [-0.39, 0.29) is 30.7 Å². The molecule has 2 saturated heterocycles. The lowest BCUT2D eigenvalue weighted by Gasteiger charge is -2.15. The topological polar surface area (TPSA) is 59.1 Å². The lowest BCUT2D eigenvalue weighted by Crippen LogP contribution is -2.29. The van der Waals surface area contributed by atoms with Crippen molar-refractivity contribution in [1.29, 1.82) is 0 Å². The minimum atomic E-state index is -0.406. The van der Waals surface area contributed by atoms with Crippen LogP contribution >= 0.6 is 0 Å². The van der Waals surface area contributed by atoms with Gasteiger partial charge in [-0.2, -0.15) is 0 Å². The molecule has 3 fully saturated rings. The Labute approximate surface area is 69.5 Å². The van der Waals surface area contributed by atoms with Gasteiger partial charge in [0, 0.05) is 12.3 Å². The van der Waals surface area contributed by atoms with E-state index in [0.29, 0.717) is 6.42 Å². The number of ether oxygens (including phenoxy) is 2. The molecule has 4 heteroatoms. The van der Waals surface area contributed by atoms with E-state index < -0.39 is 5.60 Å². The number of carbonyl (C=O) groups excluding carboxylic acids is 1. The quantitative estimate of drug-likeness (QED) is 0.424. The highest BCUT2D eigenvalue weighted by Gasteiger charge is 2.71. The van der Waals surface area contributed by atoms with Crippen LogP contribution in [0.4, 0.5) is 0 Å². The molecule has 0 aromatic rings. The molecule has 0 bridgehead atoms. The van der Waals surface area contributed by atoms with Crippen LogP contribution in [-0.4, -0.2) is 35.5 Å². The van der Waals surface area contributed by atoms with Gasteiger partial charge in [-0.05, 0) is 0 Å². The smallest absolute Gasteiger partial charge is 0.306 e. The van der Waals surface area contributed by atoms with E-state index >= 15 is 0 Å². The number of hydrogen-bond donors (Lipinski definition) is 1. The normalized spacial score (nSPS) is 54.8. The van der Waals surface area contributed by atoms with Crippen molar-refractivity contribution in [2.45, 2.75) is 30.7 Å². The van der Waals surface area contributed by atoms with E-state index in [1.807, 2.05) is 0 Å². The lowest BCUT2D eigenvalue weighted by atomic mass is 9.93. The van der Waals surface area contributed by atoms with Crippen LogP contribution in [0.3, 0.4) is 0 Å². The maximum Gasteiger partial charge on any atom is 0.306 e. The summed E-state index contributed by atoms with van der Waals surface area (Å²) in [5.41, 5.74) is -0.406. The maximum atomic E-state index is 10.9. The van der Waals surface area contributed by atoms with Gasteiger partial charge >= 0.3 is 5.97 Å². The van der Waals surface area contributed by atoms with Gasteiger partial charge in [-0.15, -0.1) is 0 Å². The Morgan fingerprint density at radius 1 is 1.67 bits per heavy atom. The molecule has 12 heavy (non-hydrogen) atoms. The van der Waals surface area contributed by atoms with Gasteiger partial charge in [-0.25, -0.2) is 0 Å². The van der Waals surface area contributed by atoms with Crippen LogP contribution in [0.2, 0.25) is 0 Å². The molecular weight excluding hydrogens is 160 g/mol. The highest BCUT2D eigenvalue weighted by Crippen LogP contribution is 2.57. The molecule has 3 rings (SSSR count). The van der Waals surface area contributed by atoms with Gasteiger partial charge in [0.05, 0.1) is 19.1 Å². The molecule has 1 saturated carbocycles. The third-order valence-electron chi connectivity index (χ3n) is 3.29. The molecule has 0 amide bonds. The highest BCUT2D eigenvalue weighted by atomic mass is 16.6. The molecule has 0 spiro atoms. The second kappa shape index (κ2) is 1.83. The Kier molecular flexibility index (Phi) is 1.04. The second-order valence-corrected chi connectivity index (χ2v) is 3.79. The number of aliphatic hydroxyl groups excluding tert-OH is 1. The van der Waals surface area contributed by atoms with Crippen LogP contribution in [0.1, 0.15) is 12.8 Å². The zero-order valence-corrected chi connectivity index (χ0v) is 6.53.